The number of carbonyl (C=O) groups is 1. The maximum Gasteiger partial charge on any atom is 0.416 e. The molecule has 1 rings (SSSR count). The van der Waals surface area contributed by atoms with Crippen molar-refractivity contribution < 1.29 is 31.5 Å². The van der Waals surface area contributed by atoms with E-state index in [-0.39, 0.29) is 18.9 Å². The minimum Gasteiger partial charge on any atom is -0.481 e. The quantitative estimate of drug-likeness (QED) is 0.789. The van der Waals surface area contributed by atoms with Crippen molar-refractivity contribution in [1.29, 1.82) is 0 Å². The molecule has 130 valence electrons. The van der Waals surface area contributed by atoms with E-state index in [0.29, 0.717) is 6.07 Å². The van der Waals surface area contributed by atoms with Crippen LogP contribution in [0.1, 0.15) is 25.8 Å². The first kappa shape index (κ1) is 19.4. The Balaban J connectivity index is 2.93. The Morgan fingerprint density at radius 3 is 2.39 bits per heavy atom. The Morgan fingerprint density at radius 2 is 1.91 bits per heavy atom. The topological polar surface area (TPSA) is 83.5 Å². The van der Waals surface area contributed by atoms with Crippen molar-refractivity contribution in [2.45, 2.75) is 31.3 Å². The van der Waals surface area contributed by atoms with Crippen molar-refractivity contribution in [1.82, 2.24) is 4.72 Å². The van der Waals surface area contributed by atoms with Crippen molar-refractivity contribution in [2.24, 2.45) is 11.8 Å². The van der Waals surface area contributed by atoms with Crippen LogP contribution in [-0.4, -0.2) is 26.0 Å². The van der Waals surface area contributed by atoms with Crippen molar-refractivity contribution in [3.63, 3.8) is 0 Å². The van der Waals surface area contributed by atoms with Gasteiger partial charge in [0.2, 0.25) is 10.0 Å². The van der Waals surface area contributed by atoms with Crippen molar-refractivity contribution >= 4 is 16.0 Å². The fraction of sp³-hybridized carbons (Fsp3) is 0.500. The molecule has 0 aromatic heterocycles. The highest BCUT2D eigenvalue weighted by Gasteiger charge is 2.32. The molecule has 0 aliphatic rings. The molecule has 0 spiro atoms. The number of hydrogen-bond donors (Lipinski definition) is 2. The largest absolute Gasteiger partial charge is 0.481 e. The molecular formula is C14H18F3NO4S. The fourth-order valence-electron chi connectivity index (χ4n) is 1.97. The third-order valence-corrected chi connectivity index (χ3v) is 4.52. The van der Waals surface area contributed by atoms with Gasteiger partial charge in [-0.2, -0.15) is 13.2 Å². The van der Waals surface area contributed by atoms with Gasteiger partial charge in [-0.25, -0.2) is 13.1 Å². The average molecular weight is 353 g/mol. The second-order valence-electron chi connectivity index (χ2n) is 5.54. The zero-order valence-electron chi connectivity index (χ0n) is 12.6. The number of aliphatic carboxylic acids is 1. The van der Waals surface area contributed by atoms with Crippen LogP contribution in [0.5, 0.6) is 0 Å². The van der Waals surface area contributed by atoms with E-state index in [1.807, 2.05) is 0 Å². The number of sulfonamides is 1. The lowest BCUT2D eigenvalue weighted by Crippen LogP contribution is -2.33. The summed E-state index contributed by atoms with van der Waals surface area (Å²) in [7, 11) is -4.22. The lowest BCUT2D eigenvalue weighted by molar-refractivity contribution is -0.142. The maximum atomic E-state index is 12.6. The van der Waals surface area contributed by atoms with Crippen LogP contribution in [0.15, 0.2) is 29.2 Å². The van der Waals surface area contributed by atoms with Crippen LogP contribution in [0.2, 0.25) is 0 Å². The summed E-state index contributed by atoms with van der Waals surface area (Å²) >= 11 is 0. The lowest BCUT2D eigenvalue weighted by atomic mass is 9.98. The Hall–Kier alpha value is -1.61. The van der Waals surface area contributed by atoms with Gasteiger partial charge >= 0.3 is 12.1 Å². The number of rotatable bonds is 7. The summed E-state index contributed by atoms with van der Waals surface area (Å²) in [5.74, 6) is -2.07. The first-order valence-electron chi connectivity index (χ1n) is 6.83. The van der Waals surface area contributed by atoms with Gasteiger partial charge < -0.3 is 5.11 Å². The lowest BCUT2D eigenvalue weighted by Gasteiger charge is -2.16. The van der Waals surface area contributed by atoms with Gasteiger partial charge in [0.1, 0.15) is 0 Å². The number of halogens is 3. The molecule has 2 N–H and O–H groups in total. The summed E-state index contributed by atoms with van der Waals surface area (Å²) in [6.07, 6.45) is -4.41. The zero-order chi connectivity index (χ0) is 17.8. The van der Waals surface area contributed by atoms with Gasteiger partial charge in [0.15, 0.2) is 0 Å². The van der Waals surface area contributed by atoms with Gasteiger partial charge in [-0.05, 0) is 30.5 Å². The predicted molar refractivity (Wildman–Crippen MR) is 77.2 cm³/mol. The number of carboxylic acid groups (broad SMARTS) is 1. The summed E-state index contributed by atoms with van der Waals surface area (Å²) in [6, 6.07) is 3.29. The van der Waals surface area contributed by atoms with E-state index in [1.54, 1.807) is 13.8 Å². The second kappa shape index (κ2) is 7.31. The summed E-state index contributed by atoms with van der Waals surface area (Å²) in [5, 5.41) is 9.06. The molecule has 0 saturated heterocycles. The van der Waals surface area contributed by atoms with Crippen LogP contribution >= 0.6 is 0 Å². The van der Waals surface area contributed by atoms with E-state index in [2.05, 4.69) is 4.72 Å². The second-order valence-corrected chi connectivity index (χ2v) is 7.31. The average Bonchev–Trinajstić information content (AvgIpc) is 2.42. The fourth-order valence-corrected chi connectivity index (χ4v) is 3.10. The van der Waals surface area contributed by atoms with Crippen LogP contribution in [0.3, 0.4) is 0 Å². The van der Waals surface area contributed by atoms with E-state index in [0.717, 1.165) is 18.2 Å². The molecule has 0 aliphatic heterocycles. The molecule has 1 atom stereocenters. The number of nitrogens with one attached hydrogen (secondary N) is 1. The number of carboxylic acids is 1. The van der Waals surface area contributed by atoms with Crippen molar-refractivity contribution in [2.75, 3.05) is 6.54 Å². The molecule has 9 heteroatoms. The molecule has 0 fully saturated rings. The number of hydrogen-bond acceptors (Lipinski definition) is 3. The smallest absolute Gasteiger partial charge is 0.416 e. The first-order chi connectivity index (χ1) is 10.4. The maximum absolute atomic E-state index is 12.6. The molecule has 0 aliphatic carbocycles. The van der Waals surface area contributed by atoms with Gasteiger partial charge in [-0.3, -0.25) is 4.79 Å². The normalized spacial score (nSPS) is 14.0. The van der Waals surface area contributed by atoms with Crippen molar-refractivity contribution in [3.8, 4) is 0 Å². The first-order valence-corrected chi connectivity index (χ1v) is 8.31. The highest BCUT2D eigenvalue weighted by Crippen LogP contribution is 2.30. The number of benzene rings is 1. The van der Waals surface area contributed by atoms with Gasteiger partial charge in [-0.15, -0.1) is 0 Å². The highest BCUT2D eigenvalue weighted by atomic mass is 32.2. The third kappa shape index (κ3) is 5.83. The van der Waals surface area contributed by atoms with E-state index in [4.69, 9.17) is 5.11 Å². The van der Waals surface area contributed by atoms with Crippen LogP contribution in [0, 0.1) is 11.8 Å². The molecule has 0 amide bonds. The minimum atomic E-state index is -4.66. The molecule has 0 heterocycles. The highest BCUT2D eigenvalue weighted by molar-refractivity contribution is 7.89. The molecule has 23 heavy (non-hydrogen) atoms. The number of alkyl halides is 3. The molecule has 0 radical (unpaired) electrons. The Morgan fingerprint density at radius 1 is 1.30 bits per heavy atom. The summed E-state index contributed by atoms with van der Waals surface area (Å²) in [6.45, 7) is 3.20. The van der Waals surface area contributed by atoms with Crippen molar-refractivity contribution in [3.05, 3.63) is 29.8 Å². The van der Waals surface area contributed by atoms with Crippen LogP contribution in [0.25, 0.3) is 0 Å². The Labute approximate surface area is 132 Å². The van der Waals surface area contributed by atoms with E-state index in [1.165, 1.54) is 0 Å². The molecule has 0 bridgehead atoms. The summed E-state index contributed by atoms with van der Waals surface area (Å²) in [4.78, 5) is 10.5. The third-order valence-electron chi connectivity index (χ3n) is 3.10. The Bertz CT molecular complexity index is 656. The summed E-state index contributed by atoms with van der Waals surface area (Å²) < 4.78 is 64.0. The van der Waals surface area contributed by atoms with Crippen LogP contribution < -0.4 is 4.72 Å². The molecule has 1 aromatic rings. The van der Waals surface area contributed by atoms with Gasteiger partial charge in [-0.1, -0.05) is 19.9 Å². The Kier molecular flexibility index (Phi) is 6.18. The standard InChI is InChI=1S/C14H18F3NO4S/c1-9(2)6-10(13(19)20)8-18-23(21,22)12-5-3-4-11(7-12)14(15,16)17/h3-5,7,9-10,18H,6,8H2,1-2H3,(H,19,20). The van der Waals surface area contributed by atoms with Gasteiger partial charge in [0.25, 0.3) is 0 Å². The summed E-state index contributed by atoms with van der Waals surface area (Å²) in [5.41, 5.74) is -1.09. The van der Waals surface area contributed by atoms with E-state index < -0.39 is 38.5 Å². The monoisotopic (exact) mass is 353 g/mol. The predicted octanol–water partition coefficient (Wildman–Crippen LogP) is 2.73. The van der Waals surface area contributed by atoms with Crippen LogP contribution in [-0.2, 0) is 21.0 Å². The molecular weight excluding hydrogens is 335 g/mol. The van der Waals surface area contributed by atoms with Crippen LogP contribution in [0.4, 0.5) is 13.2 Å². The molecule has 5 nitrogen and oxygen atoms in total. The minimum absolute atomic E-state index is 0.0363. The van der Waals surface area contributed by atoms with Gasteiger partial charge in [0, 0.05) is 6.54 Å². The van der Waals surface area contributed by atoms with E-state index >= 15 is 0 Å². The molecule has 0 saturated carbocycles. The van der Waals surface area contributed by atoms with E-state index in [9.17, 15) is 26.4 Å². The molecule has 1 aromatic carbocycles. The van der Waals surface area contributed by atoms with Gasteiger partial charge in [0.05, 0.1) is 16.4 Å². The SMILES string of the molecule is CC(C)CC(CNS(=O)(=O)c1cccc(C(F)(F)F)c1)C(=O)O. The molecule has 1 unspecified atom stereocenters. The zero-order valence-corrected chi connectivity index (χ0v) is 13.4.